The number of allylic oxidation sites excluding steroid dienone is 2. The zero-order valence-corrected chi connectivity index (χ0v) is 12.5. The van der Waals surface area contributed by atoms with Gasteiger partial charge in [0.05, 0.1) is 5.75 Å². The molecule has 0 spiro atoms. The summed E-state index contributed by atoms with van der Waals surface area (Å²) in [6.07, 6.45) is 4.80. The van der Waals surface area contributed by atoms with Gasteiger partial charge in [-0.05, 0) is 19.1 Å². The molecule has 2 aliphatic heterocycles. The van der Waals surface area contributed by atoms with Crippen molar-refractivity contribution in [2.45, 2.75) is 13.5 Å². The van der Waals surface area contributed by atoms with Gasteiger partial charge in [-0.2, -0.15) is 0 Å². The first kappa shape index (κ1) is 14.5. The van der Waals surface area contributed by atoms with Gasteiger partial charge in [0.2, 0.25) is 0 Å². The number of sulfonamides is 1. The van der Waals surface area contributed by atoms with E-state index in [0.717, 1.165) is 0 Å². The van der Waals surface area contributed by atoms with Gasteiger partial charge in [0.1, 0.15) is 23.6 Å². The van der Waals surface area contributed by atoms with Crippen LogP contribution in [0.5, 0.6) is 0 Å². The highest BCUT2D eigenvalue weighted by Gasteiger charge is 2.30. The topological polar surface area (TPSA) is 102 Å². The minimum absolute atomic E-state index is 0.0583. The minimum Gasteiger partial charge on any atom is -0.455 e. The van der Waals surface area contributed by atoms with Crippen molar-refractivity contribution in [2.24, 2.45) is 4.40 Å². The number of nitrogens with zero attached hydrogens (tertiary/aromatic N) is 3. The predicted molar refractivity (Wildman–Crippen MR) is 76.2 cm³/mol. The molecule has 8 nitrogen and oxygen atoms in total. The van der Waals surface area contributed by atoms with Crippen LogP contribution in [0.1, 0.15) is 11.5 Å². The molecule has 3 rings (SSSR count). The Kier molecular flexibility index (Phi) is 3.57. The summed E-state index contributed by atoms with van der Waals surface area (Å²) >= 11 is 0. The number of amidine groups is 1. The molecule has 22 heavy (non-hydrogen) atoms. The maximum atomic E-state index is 12.2. The molecule has 0 aromatic carbocycles. The molecule has 0 bridgehead atoms. The third-order valence-electron chi connectivity index (χ3n) is 3.11. The van der Waals surface area contributed by atoms with E-state index in [0.29, 0.717) is 11.5 Å². The predicted octanol–water partition coefficient (Wildman–Crippen LogP) is 0.524. The fourth-order valence-electron chi connectivity index (χ4n) is 2.08. The van der Waals surface area contributed by atoms with Crippen LogP contribution in [-0.4, -0.2) is 42.6 Å². The summed E-state index contributed by atoms with van der Waals surface area (Å²) in [6.45, 7) is 1.92. The molecule has 0 unspecified atom stereocenters. The molecule has 1 aromatic heterocycles. The molecule has 116 valence electrons. The molecule has 0 fully saturated rings. The van der Waals surface area contributed by atoms with Crippen molar-refractivity contribution in [2.75, 3.05) is 12.3 Å². The molecule has 0 saturated heterocycles. The number of hydrogen-bond donors (Lipinski definition) is 0. The molecule has 3 heterocycles. The van der Waals surface area contributed by atoms with Gasteiger partial charge < -0.3 is 14.2 Å². The Hall–Kier alpha value is -2.42. The summed E-state index contributed by atoms with van der Waals surface area (Å²) < 4.78 is 36.9. The van der Waals surface area contributed by atoms with E-state index in [9.17, 15) is 13.2 Å². The molecule has 9 heteroatoms. The molecule has 2 aliphatic rings. The molecule has 0 amide bonds. The Balaban J connectivity index is 1.77. The minimum atomic E-state index is -3.55. The first-order valence-corrected chi connectivity index (χ1v) is 8.13. The largest absolute Gasteiger partial charge is 0.455 e. The SMILES string of the molecule is Cc1cc(COC(=O)C2=CC=CN3CCS(=O)(=O)N=C23)no1. The lowest BCUT2D eigenvalue weighted by Gasteiger charge is -2.28. The zero-order chi connectivity index (χ0) is 15.7. The lowest BCUT2D eigenvalue weighted by atomic mass is 10.1. The number of rotatable bonds is 3. The van der Waals surface area contributed by atoms with E-state index in [1.54, 1.807) is 30.2 Å². The van der Waals surface area contributed by atoms with E-state index in [-0.39, 0.29) is 30.3 Å². The molecule has 0 N–H and O–H groups in total. The number of ether oxygens (including phenoxy) is 1. The monoisotopic (exact) mass is 323 g/mol. The lowest BCUT2D eigenvalue weighted by molar-refractivity contribution is -0.139. The Morgan fingerprint density at radius 3 is 3.05 bits per heavy atom. The molecular formula is C13H13N3O5S. The second-order valence-electron chi connectivity index (χ2n) is 4.82. The third-order valence-corrected chi connectivity index (χ3v) is 4.25. The van der Waals surface area contributed by atoms with Crippen LogP contribution in [-0.2, 0) is 26.2 Å². The van der Waals surface area contributed by atoms with E-state index in [1.165, 1.54) is 6.08 Å². The van der Waals surface area contributed by atoms with Crippen molar-refractivity contribution in [1.82, 2.24) is 10.1 Å². The van der Waals surface area contributed by atoms with Gasteiger partial charge in [0, 0.05) is 18.8 Å². The average Bonchev–Trinajstić information content (AvgIpc) is 2.89. The Bertz CT molecular complexity index is 803. The zero-order valence-electron chi connectivity index (χ0n) is 11.7. The lowest BCUT2D eigenvalue weighted by Crippen LogP contribution is -2.40. The van der Waals surface area contributed by atoms with Crippen LogP contribution < -0.4 is 0 Å². The van der Waals surface area contributed by atoms with Gasteiger partial charge in [-0.1, -0.05) is 5.16 Å². The molecule has 0 aliphatic carbocycles. The van der Waals surface area contributed by atoms with Gasteiger partial charge in [-0.15, -0.1) is 4.40 Å². The highest BCUT2D eigenvalue weighted by atomic mass is 32.2. The first-order valence-electron chi connectivity index (χ1n) is 6.52. The molecule has 0 atom stereocenters. The fraction of sp³-hybridized carbons (Fsp3) is 0.308. The number of esters is 1. The Morgan fingerprint density at radius 2 is 2.32 bits per heavy atom. The van der Waals surface area contributed by atoms with Crippen molar-refractivity contribution in [1.29, 1.82) is 0 Å². The van der Waals surface area contributed by atoms with Crippen molar-refractivity contribution in [3.63, 3.8) is 0 Å². The van der Waals surface area contributed by atoms with Gasteiger partial charge in [0.15, 0.2) is 5.84 Å². The van der Waals surface area contributed by atoms with Crippen molar-refractivity contribution in [3.05, 3.63) is 41.4 Å². The summed E-state index contributed by atoms with van der Waals surface area (Å²) in [5, 5.41) is 3.72. The van der Waals surface area contributed by atoms with Gasteiger partial charge in [-0.25, -0.2) is 13.2 Å². The highest BCUT2D eigenvalue weighted by Crippen LogP contribution is 2.19. The van der Waals surface area contributed by atoms with E-state index in [2.05, 4.69) is 9.55 Å². The number of hydrogen-bond acceptors (Lipinski definition) is 7. The summed E-state index contributed by atoms with van der Waals surface area (Å²) in [5.74, 6) is -0.0396. The quantitative estimate of drug-likeness (QED) is 0.747. The van der Waals surface area contributed by atoms with Crippen LogP contribution in [0.25, 0.3) is 0 Å². The van der Waals surface area contributed by atoms with E-state index >= 15 is 0 Å². The number of carbonyl (C=O) groups is 1. The Morgan fingerprint density at radius 1 is 1.50 bits per heavy atom. The van der Waals surface area contributed by atoms with Crippen molar-refractivity contribution >= 4 is 21.8 Å². The standard InChI is InChI=1S/C13H13N3O5S/c1-9-7-10(14-21-9)8-20-13(17)11-3-2-4-16-5-6-22(18,19)15-12(11)16/h2-4,7H,5-6,8H2,1H3. The third kappa shape index (κ3) is 2.93. The summed E-state index contributed by atoms with van der Waals surface area (Å²) in [4.78, 5) is 13.8. The average molecular weight is 323 g/mol. The summed E-state index contributed by atoms with van der Waals surface area (Å²) in [6, 6.07) is 1.65. The maximum Gasteiger partial charge on any atom is 0.342 e. The number of aryl methyl sites for hydroxylation is 1. The normalized spacial score (nSPS) is 19.2. The molecule has 0 saturated carbocycles. The summed E-state index contributed by atoms with van der Waals surface area (Å²) in [5.41, 5.74) is 0.582. The van der Waals surface area contributed by atoms with E-state index < -0.39 is 16.0 Å². The molecule has 0 radical (unpaired) electrons. The number of fused-ring (bicyclic) bond motifs is 1. The van der Waals surface area contributed by atoms with Crippen LogP contribution in [0, 0.1) is 6.92 Å². The van der Waals surface area contributed by atoms with E-state index in [4.69, 9.17) is 9.26 Å². The van der Waals surface area contributed by atoms with Gasteiger partial charge in [0.25, 0.3) is 10.0 Å². The Labute approximate surface area is 126 Å². The summed E-state index contributed by atoms with van der Waals surface area (Å²) in [7, 11) is -3.55. The first-order chi connectivity index (χ1) is 10.4. The smallest absolute Gasteiger partial charge is 0.342 e. The van der Waals surface area contributed by atoms with Crippen LogP contribution >= 0.6 is 0 Å². The van der Waals surface area contributed by atoms with Crippen LogP contribution in [0.4, 0.5) is 0 Å². The van der Waals surface area contributed by atoms with Crippen LogP contribution in [0.3, 0.4) is 0 Å². The highest BCUT2D eigenvalue weighted by molar-refractivity contribution is 7.90. The number of carbonyl (C=O) groups excluding carboxylic acids is 1. The van der Waals surface area contributed by atoms with Gasteiger partial charge in [-0.3, -0.25) is 0 Å². The van der Waals surface area contributed by atoms with Gasteiger partial charge >= 0.3 is 5.97 Å². The van der Waals surface area contributed by atoms with Crippen molar-refractivity contribution in [3.8, 4) is 0 Å². The van der Waals surface area contributed by atoms with Crippen LogP contribution in [0.2, 0.25) is 0 Å². The molecule has 1 aromatic rings. The maximum absolute atomic E-state index is 12.2. The second kappa shape index (κ2) is 5.41. The van der Waals surface area contributed by atoms with Crippen LogP contribution in [0.15, 0.2) is 38.9 Å². The fourth-order valence-corrected chi connectivity index (χ4v) is 3.06. The number of aromatic nitrogens is 1. The van der Waals surface area contributed by atoms with Crippen molar-refractivity contribution < 1.29 is 22.5 Å². The second-order valence-corrected chi connectivity index (χ2v) is 6.58. The van der Waals surface area contributed by atoms with E-state index in [1.807, 2.05) is 0 Å². The molecular weight excluding hydrogens is 310 g/mol.